The Kier molecular flexibility index (Phi) is 4.40. The third kappa shape index (κ3) is 2.59. The van der Waals surface area contributed by atoms with Gasteiger partial charge in [0, 0.05) is 28.6 Å². The maximum absolute atomic E-state index is 12.8. The van der Waals surface area contributed by atoms with Crippen LogP contribution in [0.3, 0.4) is 0 Å². The molecule has 0 amide bonds. The molecule has 0 aliphatic carbocycles. The van der Waals surface area contributed by atoms with Crippen LogP contribution >= 0.6 is 11.6 Å². The molecule has 5 heteroatoms. The maximum Gasteiger partial charge on any atom is 0.344 e. The molecule has 0 aliphatic heterocycles. The number of carbonyl (C=O) groups is 1. The molecular formula is C19H16ClNO3. The molecule has 4 nitrogen and oxygen atoms in total. The van der Waals surface area contributed by atoms with E-state index in [1.165, 1.54) is 4.57 Å². The van der Waals surface area contributed by atoms with Crippen LogP contribution in [-0.4, -0.2) is 17.1 Å². The molecule has 0 aliphatic rings. The highest BCUT2D eigenvalue weighted by Gasteiger charge is 2.24. The van der Waals surface area contributed by atoms with Crippen LogP contribution in [0.4, 0.5) is 0 Å². The van der Waals surface area contributed by atoms with Gasteiger partial charge in [-0.25, -0.2) is 4.79 Å². The monoisotopic (exact) mass is 341 g/mol. The van der Waals surface area contributed by atoms with Crippen molar-refractivity contribution < 1.29 is 9.53 Å². The Morgan fingerprint density at radius 2 is 1.79 bits per heavy atom. The van der Waals surface area contributed by atoms with Crippen molar-refractivity contribution in [2.75, 3.05) is 6.61 Å². The van der Waals surface area contributed by atoms with Gasteiger partial charge in [0.25, 0.3) is 5.56 Å². The summed E-state index contributed by atoms with van der Waals surface area (Å²) in [5.74, 6) is -0.640. The number of ether oxygens (including phenoxy) is 1. The third-order valence-corrected chi connectivity index (χ3v) is 4.26. The van der Waals surface area contributed by atoms with Crippen molar-refractivity contribution in [3.8, 4) is 11.1 Å². The summed E-state index contributed by atoms with van der Waals surface area (Å²) in [7, 11) is 1.64. The van der Waals surface area contributed by atoms with Crippen LogP contribution in [0.15, 0.2) is 53.3 Å². The molecular weight excluding hydrogens is 326 g/mol. The Balaban J connectivity index is 2.51. The standard InChI is InChI=1S/C19H16ClNO3/c1-3-24-19(23)17-16(12-8-4-6-10-14(12)20)13-9-5-7-11-15(13)21(2)18(17)22/h4-11H,3H2,1-2H3. The van der Waals surface area contributed by atoms with Crippen LogP contribution in [0.25, 0.3) is 22.0 Å². The number of aromatic nitrogens is 1. The van der Waals surface area contributed by atoms with E-state index < -0.39 is 11.5 Å². The first-order chi connectivity index (χ1) is 11.6. The fraction of sp³-hybridized carbons (Fsp3) is 0.158. The number of benzene rings is 2. The highest BCUT2D eigenvalue weighted by Crippen LogP contribution is 2.35. The molecule has 0 radical (unpaired) electrons. The van der Waals surface area contributed by atoms with E-state index in [1.54, 1.807) is 32.2 Å². The molecule has 122 valence electrons. The number of halogens is 1. The summed E-state index contributed by atoms with van der Waals surface area (Å²) in [5, 5.41) is 1.25. The molecule has 0 unspecified atom stereocenters. The quantitative estimate of drug-likeness (QED) is 0.676. The Hall–Kier alpha value is -2.59. The number of hydrogen-bond acceptors (Lipinski definition) is 3. The van der Waals surface area contributed by atoms with Gasteiger partial charge in [0.05, 0.1) is 12.1 Å². The van der Waals surface area contributed by atoms with Gasteiger partial charge >= 0.3 is 5.97 Å². The van der Waals surface area contributed by atoms with Crippen LogP contribution in [0, 0.1) is 0 Å². The molecule has 2 aromatic carbocycles. The number of rotatable bonds is 3. The molecule has 0 N–H and O–H groups in total. The van der Waals surface area contributed by atoms with E-state index in [-0.39, 0.29) is 12.2 Å². The Morgan fingerprint density at radius 1 is 1.12 bits per heavy atom. The lowest BCUT2D eigenvalue weighted by atomic mass is 9.96. The molecule has 1 heterocycles. The molecule has 3 rings (SSSR count). The zero-order valence-corrected chi connectivity index (χ0v) is 14.1. The van der Waals surface area contributed by atoms with Gasteiger partial charge in [-0.3, -0.25) is 4.79 Å². The van der Waals surface area contributed by atoms with Gasteiger partial charge in [-0.05, 0) is 19.1 Å². The number of esters is 1. The number of pyridine rings is 1. The average molecular weight is 342 g/mol. The predicted octanol–water partition coefficient (Wildman–Crippen LogP) is 4.04. The Morgan fingerprint density at radius 3 is 2.50 bits per heavy atom. The van der Waals surface area contributed by atoms with Gasteiger partial charge in [-0.1, -0.05) is 48.0 Å². The first kappa shape index (κ1) is 16.3. The zero-order valence-electron chi connectivity index (χ0n) is 13.4. The van der Waals surface area contributed by atoms with Crippen LogP contribution < -0.4 is 5.56 Å². The normalized spacial score (nSPS) is 10.8. The summed E-state index contributed by atoms with van der Waals surface area (Å²) in [6.45, 7) is 1.90. The highest BCUT2D eigenvalue weighted by molar-refractivity contribution is 6.34. The topological polar surface area (TPSA) is 48.3 Å². The summed E-state index contributed by atoms with van der Waals surface area (Å²) in [4.78, 5) is 25.3. The first-order valence-electron chi connectivity index (χ1n) is 7.60. The highest BCUT2D eigenvalue weighted by atomic mass is 35.5. The average Bonchev–Trinajstić information content (AvgIpc) is 2.59. The van der Waals surface area contributed by atoms with Crippen molar-refractivity contribution in [2.45, 2.75) is 6.92 Å². The van der Waals surface area contributed by atoms with Gasteiger partial charge in [-0.2, -0.15) is 0 Å². The number of para-hydroxylation sites is 1. The second-order valence-corrected chi connectivity index (χ2v) is 5.74. The summed E-state index contributed by atoms with van der Waals surface area (Å²) in [5.41, 5.74) is 1.48. The molecule has 0 spiro atoms. The first-order valence-corrected chi connectivity index (χ1v) is 7.97. The van der Waals surface area contributed by atoms with Crippen LogP contribution in [0.1, 0.15) is 17.3 Å². The zero-order chi connectivity index (χ0) is 17.3. The van der Waals surface area contributed by atoms with E-state index >= 15 is 0 Å². The summed E-state index contributed by atoms with van der Waals surface area (Å²) in [6, 6.07) is 14.6. The SMILES string of the molecule is CCOC(=O)c1c(-c2ccccc2Cl)c2ccccc2n(C)c1=O. The molecule has 1 aromatic heterocycles. The summed E-state index contributed by atoms with van der Waals surface area (Å²) >= 11 is 6.34. The molecule has 0 atom stereocenters. The van der Waals surface area contributed by atoms with Gasteiger partial charge in [0.15, 0.2) is 0 Å². The van der Waals surface area contributed by atoms with E-state index in [2.05, 4.69) is 0 Å². The lowest BCUT2D eigenvalue weighted by Crippen LogP contribution is -2.27. The molecule has 3 aromatic rings. The van der Waals surface area contributed by atoms with E-state index in [0.717, 1.165) is 10.9 Å². The van der Waals surface area contributed by atoms with Crippen molar-refractivity contribution in [3.05, 3.63) is 69.5 Å². The number of aryl methyl sites for hydroxylation is 1. The fourth-order valence-electron chi connectivity index (χ4n) is 2.83. The van der Waals surface area contributed by atoms with Crippen LogP contribution in [-0.2, 0) is 11.8 Å². The van der Waals surface area contributed by atoms with E-state index in [4.69, 9.17) is 16.3 Å². The van der Waals surface area contributed by atoms with Gasteiger partial charge in [0.1, 0.15) is 5.56 Å². The minimum atomic E-state index is -0.640. The second-order valence-electron chi connectivity index (χ2n) is 5.33. The number of fused-ring (bicyclic) bond motifs is 1. The third-order valence-electron chi connectivity index (χ3n) is 3.93. The van der Waals surface area contributed by atoms with Crippen molar-refractivity contribution in [2.24, 2.45) is 7.05 Å². The van der Waals surface area contributed by atoms with Gasteiger partial charge in [-0.15, -0.1) is 0 Å². The molecule has 0 saturated heterocycles. The largest absolute Gasteiger partial charge is 0.462 e. The number of hydrogen-bond donors (Lipinski definition) is 0. The minimum absolute atomic E-state index is 0.00569. The van der Waals surface area contributed by atoms with Crippen molar-refractivity contribution in [3.63, 3.8) is 0 Å². The predicted molar refractivity (Wildman–Crippen MR) is 95.6 cm³/mol. The summed E-state index contributed by atoms with van der Waals surface area (Å²) in [6.07, 6.45) is 0. The molecule has 0 bridgehead atoms. The molecule has 0 fully saturated rings. The number of carbonyl (C=O) groups excluding carboxylic acids is 1. The van der Waals surface area contributed by atoms with E-state index in [1.807, 2.05) is 30.3 Å². The van der Waals surface area contributed by atoms with E-state index in [0.29, 0.717) is 16.1 Å². The molecule has 24 heavy (non-hydrogen) atoms. The Labute approximate surface area is 144 Å². The molecule has 0 saturated carbocycles. The Bertz CT molecular complexity index is 992. The van der Waals surface area contributed by atoms with Gasteiger partial charge < -0.3 is 9.30 Å². The van der Waals surface area contributed by atoms with Crippen molar-refractivity contribution in [1.29, 1.82) is 0 Å². The lowest BCUT2D eigenvalue weighted by molar-refractivity contribution is 0.0525. The van der Waals surface area contributed by atoms with E-state index in [9.17, 15) is 9.59 Å². The van der Waals surface area contributed by atoms with Crippen molar-refractivity contribution >= 4 is 28.5 Å². The van der Waals surface area contributed by atoms with Crippen LogP contribution in [0.5, 0.6) is 0 Å². The summed E-state index contributed by atoms with van der Waals surface area (Å²) < 4.78 is 6.58. The van der Waals surface area contributed by atoms with Crippen molar-refractivity contribution in [1.82, 2.24) is 4.57 Å². The van der Waals surface area contributed by atoms with Crippen LogP contribution in [0.2, 0.25) is 5.02 Å². The lowest BCUT2D eigenvalue weighted by Gasteiger charge is -2.16. The smallest absolute Gasteiger partial charge is 0.344 e. The fourth-order valence-corrected chi connectivity index (χ4v) is 3.06. The van der Waals surface area contributed by atoms with Gasteiger partial charge in [0.2, 0.25) is 0 Å². The second kappa shape index (κ2) is 6.49. The maximum atomic E-state index is 12.8. The minimum Gasteiger partial charge on any atom is -0.462 e. The number of nitrogens with zero attached hydrogens (tertiary/aromatic N) is 1.